The van der Waals surface area contributed by atoms with Gasteiger partial charge >= 0.3 is 0 Å². The van der Waals surface area contributed by atoms with Gasteiger partial charge in [0.05, 0.1) is 5.39 Å². The van der Waals surface area contributed by atoms with Crippen LogP contribution in [0.1, 0.15) is 19.5 Å². The predicted octanol–water partition coefficient (Wildman–Crippen LogP) is 3.15. The van der Waals surface area contributed by atoms with E-state index in [1.54, 1.807) is 12.4 Å². The largest absolute Gasteiger partial charge is 0.367 e. The monoisotopic (exact) mass is 267 g/mol. The Morgan fingerprint density at radius 3 is 2.80 bits per heavy atom. The second kappa shape index (κ2) is 4.92. The molecule has 0 fully saturated rings. The zero-order valence-electron chi connectivity index (χ0n) is 11.8. The zero-order valence-corrected chi connectivity index (χ0v) is 11.8. The molecular weight excluding hydrogens is 250 g/mol. The highest BCUT2D eigenvalue weighted by atomic mass is 15.1. The summed E-state index contributed by atoms with van der Waals surface area (Å²) in [6.07, 6.45) is 3.52. The number of nitrogens with zero attached hydrogens (tertiary/aromatic N) is 3. The van der Waals surface area contributed by atoms with Crippen molar-refractivity contribution in [1.82, 2.24) is 19.9 Å². The molecule has 0 radical (unpaired) electrons. The maximum absolute atomic E-state index is 4.64. The van der Waals surface area contributed by atoms with Gasteiger partial charge in [-0.05, 0) is 39.0 Å². The van der Waals surface area contributed by atoms with Gasteiger partial charge in [0.15, 0.2) is 5.82 Å². The van der Waals surface area contributed by atoms with Crippen LogP contribution in [0.15, 0.2) is 30.6 Å². The summed E-state index contributed by atoms with van der Waals surface area (Å²) in [7, 11) is 0. The van der Waals surface area contributed by atoms with Gasteiger partial charge in [-0.15, -0.1) is 0 Å². The lowest BCUT2D eigenvalue weighted by Crippen LogP contribution is -2.12. The topological polar surface area (TPSA) is 66.5 Å². The van der Waals surface area contributed by atoms with Crippen molar-refractivity contribution in [2.75, 3.05) is 5.32 Å². The third-order valence-corrected chi connectivity index (χ3v) is 2.97. The summed E-state index contributed by atoms with van der Waals surface area (Å²) in [6.45, 7) is 6.21. The van der Waals surface area contributed by atoms with Crippen molar-refractivity contribution >= 4 is 16.9 Å². The Labute approximate surface area is 117 Å². The van der Waals surface area contributed by atoms with E-state index in [9.17, 15) is 0 Å². The first-order valence-corrected chi connectivity index (χ1v) is 6.68. The van der Waals surface area contributed by atoms with Crippen molar-refractivity contribution in [3.63, 3.8) is 0 Å². The van der Waals surface area contributed by atoms with Gasteiger partial charge < -0.3 is 10.3 Å². The molecule has 2 N–H and O–H groups in total. The Morgan fingerprint density at radius 1 is 1.25 bits per heavy atom. The fraction of sp³-hybridized carbons (Fsp3) is 0.267. The molecule has 5 nitrogen and oxygen atoms in total. The first-order chi connectivity index (χ1) is 9.63. The maximum atomic E-state index is 4.64. The number of pyridine rings is 1. The van der Waals surface area contributed by atoms with Crippen LogP contribution in [0.4, 0.5) is 5.82 Å². The van der Waals surface area contributed by atoms with E-state index in [0.717, 1.165) is 28.1 Å². The number of rotatable bonds is 3. The molecule has 0 bridgehead atoms. The van der Waals surface area contributed by atoms with Crippen LogP contribution in [0.3, 0.4) is 0 Å². The molecule has 0 unspecified atom stereocenters. The Morgan fingerprint density at radius 2 is 2.10 bits per heavy atom. The lowest BCUT2D eigenvalue weighted by Gasteiger charge is -2.11. The summed E-state index contributed by atoms with van der Waals surface area (Å²) >= 11 is 0. The second-order valence-electron chi connectivity index (χ2n) is 5.15. The van der Waals surface area contributed by atoms with E-state index in [4.69, 9.17) is 0 Å². The molecule has 102 valence electrons. The molecule has 0 spiro atoms. The molecule has 0 amide bonds. The number of hydrogen-bond donors (Lipinski definition) is 2. The number of aromatic amines is 1. The van der Waals surface area contributed by atoms with Crippen LogP contribution in [0.2, 0.25) is 0 Å². The quantitative estimate of drug-likeness (QED) is 0.765. The summed E-state index contributed by atoms with van der Waals surface area (Å²) in [5.41, 5.74) is 2.83. The predicted molar refractivity (Wildman–Crippen MR) is 80.6 cm³/mol. The van der Waals surface area contributed by atoms with Crippen molar-refractivity contribution in [2.45, 2.75) is 26.8 Å². The number of aromatic nitrogens is 4. The molecule has 0 aliphatic heterocycles. The minimum atomic E-state index is 0.310. The molecule has 5 heteroatoms. The summed E-state index contributed by atoms with van der Waals surface area (Å²) < 4.78 is 0. The van der Waals surface area contributed by atoms with Crippen molar-refractivity contribution in [1.29, 1.82) is 0 Å². The first kappa shape index (κ1) is 12.6. The van der Waals surface area contributed by atoms with Crippen molar-refractivity contribution < 1.29 is 0 Å². The Bertz CT molecular complexity index is 731. The average Bonchev–Trinajstić information content (AvgIpc) is 2.80. The molecule has 0 atom stereocenters. The van der Waals surface area contributed by atoms with Crippen LogP contribution in [0.25, 0.3) is 22.4 Å². The smallest absolute Gasteiger partial charge is 0.165 e. The fourth-order valence-corrected chi connectivity index (χ4v) is 2.15. The molecule has 3 aromatic rings. The van der Waals surface area contributed by atoms with E-state index < -0.39 is 0 Å². The number of fused-ring (bicyclic) bond motifs is 1. The first-order valence-electron chi connectivity index (χ1n) is 6.68. The van der Waals surface area contributed by atoms with Crippen LogP contribution in [0.5, 0.6) is 0 Å². The number of H-pyrrole nitrogens is 1. The third-order valence-electron chi connectivity index (χ3n) is 2.97. The Balaban J connectivity index is 2.19. The van der Waals surface area contributed by atoms with Crippen LogP contribution in [0, 0.1) is 6.92 Å². The van der Waals surface area contributed by atoms with E-state index in [0.29, 0.717) is 11.9 Å². The Kier molecular flexibility index (Phi) is 3.10. The number of aryl methyl sites for hydroxylation is 1. The SMILES string of the molecule is Cc1cc2c(NC(C)C)nc(-c3cccnc3)nc2[nH]1. The molecule has 0 aliphatic carbocycles. The van der Waals surface area contributed by atoms with Gasteiger partial charge in [0, 0.05) is 29.7 Å². The minimum absolute atomic E-state index is 0.310. The number of hydrogen-bond acceptors (Lipinski definition) is 4. The molecule has 3 heterocycles. The van der Waals surface area contributed by atoms with Crippen LogP contribution < -0.4 is 5.32 Å². The summed E-state index contributed by atoms with van der Waals surface area (Å²) in [5, 5.41) is 4.40. The van der Waals surface area contributed by atoms with Crippen molar-refractivity contribution in [3.8, 4) is 11.4 Å². The highest BCUT2D eigenvalue weighted by Gasteiger charge is 2.12. The fourth-order valence-electron chi connectivity index (χ4n) is 2.15. The molecule has 0 aliphatic rings. The van der Waals surface area contributed by atoms with Crippen LogP contribution in [-0.2, 0) is 0 Å². The van der Waals surface area contributed by atoms with Crippen molar-refractivity contribution in [3.05, 3.63) is 36.3 Å². The third kappa shape index (κ3) is 2.34. The minimum Gasteiger partial charge on any atom is -0.367 e. The molecule has 0 saturated carbocycles. The highest BCUT2D eigenvalue weighted by molar-refractivity contribution is 5.89. The molecule has 20 heavy (non-hydrogen) atoms. The lowest BCUT2D eigenvalue weighted by molar-refractivity contribution is 0.891. The summed E-state index contributed by atoms with van der Waals surface area (Å²) in [6, 6.07) is 6.22. The molecule has 0 saturated heterocycles. The van der Waals surface area contributed by atoms with Gasteiger partial charge in [0.2, 0.25) is 0 Å². The van der Waals surface area contributed by atoms with Crippen LogP contribution in [-0.4, -0.2) is 26.0 Å². The second-order valence-corrected chi connectivity index (χ2v) is 5.15. The van der Waals surface area contributed by atoms with E-state index in [2.05, 4.69) is 45.2 Å². The zero-order chi connectivity index (χ0) is 14.1. The van der Waals surface area contributed by atoms with Gasteiger partial charge in [-0.3, -0.25) is 4.98 Å². The van der Waals surface area contributed by atoms with Gasteiger partial charge in [-0.2, -0.15) is 0 Å². The van der Waals surface area contributed by atoms with E-state index >= 15 is 0 Å². The molecular formula is C15H17N5. The van der Waals surface area contributed by atoms with Crippen LogP contribution >= 0.6 is 0 Å². The van der Waals surface area contributed by atoms with E-state index in [1.165, 1.54) is 0 Å². The van der Waals surface area contributed by atoms with Gasteiger partial charge in [0.25, 0.3) is 0 Å². The van der Waals surface area contributed by atoms with Gasteiger partial charge in [0.1, 0.15) is 11.5 Å². The number of nitrogens with one attached hydrogen (secondary N) is 2. The summed E-state index contributed by atoms with van der Waals surface area (Å²) in [5.74, 6) is 1.53. The average molecular weight is 267 g/mol. The molecule has 3 rings (SSSR count). The number of anilines is 1. The Hall–Kier alpha value is -2.43. The van der Waals surface area contributed by atoms with Crippen molar-refractivity contribution in [2.24, 2.45) is 0 Å². The van der Waals surface area contributed by atoms with Gasteiger partial charge in [-0.25, -0.2) is 9.97 Å². The van der Waals surface area contributed by atoms with E-state index in [1.807, 2.05) is 19.1 Å². The van der Waals surface area contributed by atoms with Gasteiger partial charge in [-0.1, -0.05) is 0 Å². The van der Waals surface area contributed by atoms with E-state index in [-0.39, 0.29) is 0 Å². The standard InChI is InChI=1S/C15H17N5/c1-9(2)17-14-12-7-10(3)18-15(12)20-13(19-14)11-5-4-6-16-8-11/h4-9H,1-3H3,(H2,17,18,19,20). The molecule has 3 aromatic heterocycles. The maximum Gasteiger partial charge on any atom is 0.165 e. The summed E-state index contributed by atoms with van der Waals surface area (Å²) in [4.78, 5) is 16.6. The normalized spacial score (nSPS) is 11.2. The molecule has 0 aromatic carbocycles. The highest BCUT2D eigenvalue weighted by Crippen LogP contribution is 2.25. The lowest BCUT2D eigenvalue weighted by atomic mass is 10.2.